The van der Waals surface area contributed by atoms with Gasteiger partial charge in [0.1, 0.15) is 0 Å². The van der Waals surface area contributed by atoms with Crippen LogP contribution < -0.4 is 5.32 Å². The molecule has 1 aromatic rings. The number of rotatable bonds is 5. The van der Waals surface area contributed by atoms with Gasteiger partial charge in [-0.15, -0.1) is 0 Å². The van der Waals surface area contributed by atoms with Crippen LogP contribution in [0, 0.1) is 5.41 Å². The zero-order valence-corrected chi connectivity index (χ0v) is 10.4. The van der Waals surface area contributed by atoms with Gasteiger partial charge < -0.3 is 9.88 Å². The van der Waals surface area contributed by atoms with Gasteiger partial charge in [0.2, 0.25) is 0 Å². The van der Waals surface area contributed by atoms with Crippen LogP contribution in [0.5, 0.6) is 0 Å². The number of nitrogens with one attached hydrogen (secondary N) is 1. The van der Waals surface area contributed by atoms with Gasteiger partial charge in [-0.1, -0.05) is 27.7 Å². The Bertz CT molecular complexity index is 283. The topological polar surface area (TPSA) is 29.9 Å². The summed E-state index contributed by atoms with van der Waals surface area (Å²) in [6.07, 6.45) is 5.25. The fraction of sp³-hybridized carbons (Fsp3) is 0.750. The molecule has 0 amide bonds. The molecular formula is C12H23N3. The Kier molecular flexibility index (Phi) is 4.33. The van der Waals surface area contributed by atoms with Gasteiger partial charge in [0.15, 0.2) is 0 Å². The van der Waals surface area contributed by atoms with E-state index >= 15 is 0 Å². The monoisotopic (exact) mass is 209 g/mol. The lowest BCUT2D eigenvalue weighted by molar-refractivity contribution is 0.350. The van der Waals surface area contributed by atoms with E-state index in [-0.39, 0.29) is 0 Å². The van der Waals surface area contributed by atoms with Crippen molar-refractivity contribution < 1.29 is 0 Å². The van der Waals surface area contributed by atoms with Gasteiger partial charge in [-0.05, 0) is 18.4 Å². The minimum atomic E-state index is 0.395. The molecule has 0 aromatic carbocycles. The van der Waals surface area contributed by atoms with E-state index < -0.39 is 0 Å². The molecule has 0 aliphatic carbocycles. The SMILES string of the molecule is CCNCc1cn(CCC(C)(C)C)cn1. The number of aryl methyl sites for hydroxylation is 1. The molecular weight excluding hydrogens is 186 g/mol. The molecule has 15 heavy (non-hydrogen) atoms. The highest BCUT2D eigenvalue weighted by atomic mass is 15.0. The van der Waals surface area contributed by atoms with Crippen LogP contribution in [0.4, 0.5) is 0 Å². The standard InChI is InChI=1S/C12H23N3/c1-5-13-8-11-9-15(10-14-11)7-6-12(2,3)4/h9-10,13H,5-8H2,1-4H3. The van der Waals surface area contributed by atoms with Crippen molar-refractivity contribution in [2.24, 2.45) is 5.41 Å². The van der Waals surface area contributed by atoms with E-state index in [9.17, 15) is 0 Å². The van der Waals surface area contributed by atoms with Crippen molar-refractivity contribution in [1.29, 1.82) is 0 Å². The van der Waals surface area contributed by atoms with Gasteiger partial charge in [0, 0.05) is 19.3 Å². The maximum Gasteiger partial charge on any atom is 0.0949 e. The molecule has 3 nitrogen and oxygen atoms in total. The van der Waals surface area contributed by atoms with Gasteiger partial charge in [-0.3, -0.25) is 0 Å². The highest BCUT2D eigenvalue weighted by Gasteiger charge is 2.09. The highest BCUT2D eigenvalue weighted by molar-refractivity contribution is 4.96. The second kappa shape index (κ2) is 5.31. The molecule has 1 N–H and O–H groups in total. The zero-order valence-electron chi connectivity index (χ0n) is 10.4. The Balaban J connectivity index is 2.39. The number of hydrogen-bond donors (Lipinski definition) is 1. The Labute approximate surface area is 92.9 Å². The lowest BCUT2D eigenvalue weighted by Crippen LogP contribution is -2.12. The van der Waals surface area contributed by atoms with Crippen LogP contribution >= 0.6 is 0 Å². The summed E-state index contributed by atoms with van der Waals surface area (Å²) in [6, 6.07) is 0. The fourth-order valence-corrected chi connectivity index (χ4v) is 1.34. The molecule has 0 saturated carbocycles. The van der Waals surface area contributed by atoms with Crippen molar-refractivity contribution in [2.45, 2.75) is 47.2 Å². The summed E-state index contributed by atoms with van der Waals surface area (Å²) in [4.78, 5) is 4.35. The third-order valence-corrected chi connectivity index (χ3v) is 2.36. The summed E-state index contributed by atoms with van der Waals surface area (Å²) >= 11 is 0. The quantitative estimate of drug-likeness (QED) is 0.807. The minimum absolute atomic E-state index is 0.395. The molecule has 1 heterocycles. The molecule has 0 radical (unpaired) electrons. The molecule has 1 rings (SSSR count). The first-order valence-corrected chi connectivity index (χ1v) is 5.72. The van der Waals surface area contributed by atoms with Gasteiger partial charge in [-0.2, -0.15) is 0 Å². The summed E-state index contributed by atoms with van der Waals surface area (Å²) in [5, 5.41) is 3.27. The van der Waals surface area contributed by atoms with Gasteiger partial charge in [-0.25, -0.2) is 4.98 Å². The van der Waals surface area contributed by atoms with E-state index in [2.05, 4.69) is 48.8 Å². The van der Waals surface area contributed by atoms with Crippen LogP contribution in [0.1, 0.15) is 39.8 Å². The van der Waals surface area contributed by atoms with Crippen molar-refractivity contribution in [3.8, 4) is 0 Å². The Morgan fingerprint density at radius 1 is 1.40 bits per heavy atom. The molecule has 0 atom stereocenters. The Morgan fingerprint density at radius 2 is 2.13 bits per heavy atom. The fourth-order valence-electron chi connectivity index (χ4n) is 1.34. The van der Waals surface area contributed by atoms with Crippen LogP contribution in [-0.2, 0) is 13.1 Å². The number of imidazole rings is 1. The van der Waals surface area contributed by atoms with Crippen LogP contribution in [0.2, 0.25) is 0 Å². The molecule has 1 aromatic heterocycles. The predicted molar refractivity (Wildman–Crippen MR) is 63.7 cm³/mol. The van der Waals surface area contributed by atoms with Crippen LogP contribution in [-0.4, -0.2) is 16.1 Å². The molecule has 0 aliphatic heterocycles. The molecule has 0 unspecified atom stereocenters. The highest BCUT2D eigenvalue weighted by Crippen LogP contribution is 2.19. The van der Waals surface area contributed by atoms with Crippen molar-refractivity contribution in [3.63, 3.8) is 0 Å². The smallest absolute Gasteiger partial charge is 0.0949 e. The number of nitrogens with zero attached hydrogens (tertiary/aromatic N) is 2. The van der Waals surface area contributed by atoms with Crippen molar-refractivity contribution >= 4 is 0 Å². The molecule has 0 spiro atoms. The number of aromatic nitrogens is 2. The van der Waals surface area contributed by atoms with Crippen LogP contribution in [0.15, 0.2) is 12.5 Å². The van der Waals surface area contributed by atoms with Crippen LogP contribution in [0.3, 0.4) is 0 Å². The summed E-state index contributed by atoms with van der Waals surface area (Å²) in [6.45, 7) is 11.8. The van der Waals surface area contributed by atoms with E-state index in [1.54, 1.807) is 0 Å². The van der Waals surface area contributed by atoms with Gasteiger partial charge >= 0.3 is 0 Å². The lowest BCUT2D eigenvalue weighted by Gasteiger charge is -2.17. The average molecular weight is 209 g/mol. The first-order valence-electron chi connectivity index (χ1n) is 5.72. The minimum Gasteiger partial charge on any atom is -0.337 e. The van der Waals surface area contributed by atoms with Crippen molar-refractivity contribution in [1.82, 2.24) is 14.9 Å². The third kappa shape index (κ3) is 4.98. The summed E-state index contributed by atoms with van der Waals surface area (Å²) in [5.41, 5.74) is 1.53. The summed E-state index contributed by atoms with van der Waals surface area (Å²) in [5.74, 6) is 0. The molecule has 0 bridgehead atoms. The van der Waals surface area contributed by atoms with E-state index in [0.29, 0.717) is 5.41 Å². The lowest BCUT2D eigenvalue weighted by atomic mass is 9.92. The summed E-state index contributed by atoms with van der Waals surface area (Å²) < 4.78 is 2.18. The maximum absolute atomic E-state index is 4.35. The maximum atomic E-state index is 4.35. The largest absolute Gasteiger partial charge is 0.337 e. The molecule has 0 fully saturated rings. The summed E-state index contributed by atoms with van der Waals surface area (Å²) in [7, 11) is 0. The van der Waals surface area contributed by atoms with Crippen LogP contribution in [0.25, 0.3) is 0 Å². The van der Waals surface area contributed by atoms with E-state index in [4.69, 9.17) is 0 Å². The Hall–Kier alpha value is -0.830. The average Bonchev–Trinajstić information content (AvgIpc) is 2.58. The van der Waals surface area contributed by atoms with Gasteiger partial charge in [0.25, 0.3) is 0 Å². The van der Waals surface area contributed by atoms with Gasteiger partial charge in [0.05, 0.1) is 12.0 Å². The Morgan fingerprint density at radius 3 is 2.73 bits per heavy atom. The first kappa shape index (κ1) is 12.2. The predicted octanol–water partition coefficient (Wildman–Crippen LogP) is 2.43. The van der Waals surface area contributed by atoms with Crippen molar-refractivity contribution in [2.75, 3.05) is 6.54 Å². The first-order chi connectivity index (χ1) is 7.01. The van der Waals surface area contributed by atoms with E-state index in [1.165, 1.54) is 6.42 Å². The molecule has 86 valence electrons. The second-order valence-corrected chi connectivity index (χ2v) is 5.19. The normalized spacial score (nSPS) is 12.0. The van der Waals surface area contributed by atoms with E-state index in [1.807, 2.05) is 6.33 Å². The molecule has 0 aliphatic rings. The molecule has 0 saturated heterocycles. The van der Waals surface area contributed by atoms with E-state index in [0.717, 1.165) is 25.3 Å². The number of hydrogen-bond acceptors (Lipinski definition) is 2. The second-order valence-electron chi connectivity index (χ2n) is 5.19. The molecule has 3 heteroatoms. The van der Waals surface area contributed by atoms with Crippen molar-refractivity contribution in [3.05, 3.63) is 18.2 Å². The third-order valence-electron chi connectivity index (χ3n) is 2.36. The zero-order chi connectivity index (χ0) is 11.3.